The highest BCUT2D eigenvalue weighted by atomic mass is 19.1. The van der Waals surface area contributed by atoms with Gasteiger partial charge in [0.05, 0.1) is 0 Å². The third-order valence-electron chi connectivity index (χ3n) is 1.67. The molecule has 13 heavy (non-hydrogen) atoms. The number of hydrogen-bond acceptors (Lipinski definition) is 1. The van der Waals surface area contributed by atoms with Gasteiger partial charge < -0.3 is 5.73 Å². The average molecular weight is 185 g/mol. The molecule has 1 atom stereocenters. The fourth-order valence-electron chi connectivity index (χ4n) is 0.958. The van der Waals surface area contributed by atoms with Gasteiger partial charge in [-0.25, -0.2) is 8.78 Å². The highest BCUT2D eigenvalue weighted by molar-refractivity contribution is 5.78. The minimum Gasteiger partial charge on any atom is -0.367 e. The molecule has 0 aromatic heterocycles. The largest absolute Gasteiger partial charge is 0.367 e. The lowest BCUT2D eigenvalue weighted by Crippen LogP contribution is -2.26. The van der Waals surface area contributed by atoms with Gasteiger partial charge in [-0.3, -0.25) is 4.79 Å². The third-order valence-corrected chi connectivity index (χ3v) is 1.67. The number of hydrogen-bond donors (Lipinski definition) is 1. The molecule has 0 fully saturated rings. The van der Waals surface area contributed by atoms with E-state index in [1.54, 1.807) is 6.07 Å². The highest BCUT2D eigenvalue weighted by Crippen LogP contribution is 2.10. The van der Waals surface area contributed by atoms with Gasteiger partial charge in [-0.05, 0) is 11.6 Å². The van der Waals surface area contributed by atoms with Gasteiger partial charge in [0.1, 0.15) is 5.82 Å². The number of halogens is 2. The number of rotatable bonds is 3. The summed E-state index contributed by atoms with van der Waals surface area (Å²) in [5, 5.41) is 0. The minimum absolute atomic E-state index is 0.161. The summed E-state index contributed by atoms with van der Waals surface area (Å²) < 4.78 is 25.6. The van der Waals surface area contributed by atoms with Crippen molar-refractivity contribution in [2.75, 3.05) is 0 Å². The number of carbonyl (C=O) groups is 1. The minimum atomic E-state index is -1.82. The first-order chi connectivity index (χ1) is 6.11. The molecule has 70 valence electrons. The third kappa shape index (κ3) is 2.50. The quantitative estimate of drug-likeness (QED) is 0.755. The lowest BCUT2D eigenvalue weighted by atomic mass is 10.1. The molecule has 1 aromatic rings. The van der Waals surface area contributed by atoms with Gasteiger partial charge in [-0.2, -0.15) is 0 Å². The maximum atomic E-state index is 12.9. The van der Waals surface area contributed by atoms with Crippen LogP contribution < -0.4 is 5.73 Å². The molecule has 0 saturated carbocycles. The van der Waals surface area contributed by atoms with E-state index >= 15 is 0 Å². The fourth-order valence-corrected chi connectivity index (χ4v) is 0.958. The first-order valence-corrected chi connectivity index (χ1v) is 3.78. The van der Waals surface area contributed by atoms with Gasteiger partial charge in [-0.15, -0.1) is 0 Å². The van der Waals surface area contributed by atoms with Crippen LogP contribution in [0.1, 0.15) is 5.56 Å². The predicted molar refractivity (Wildman–Crippen MR) is 44.2 cm³/mol. The number of nitrogens with two attached hydrogens (primary N) is 1. The molecule has 0 heterocycles. The highest BCUT2D eigenvalue weighted by Gasteiger charge is 2.15. The Morgan fingerprint density at radius 2 is 2.08 bits per heavy atom. The maximum absolute atomic E-state index is 12.9. The zero-order valence-corrected chi connectivity index (χ0v) is 6.84. The standard InChI is InChI=1S/C9H9F2NO/c10-7-4-2-1-3-6(7)5-8(11)9(12)13/h1-4,8H,5H2,(H2,12,13). The molecule has 0 aliphatic carbocycles. The second-order valence-corrected chi connectivity index (χ2v) is 2.67. The Balaban J connectivity index is 2.74. The molecule has 0 bridgehead atoms. The summed E-state index contributed by atoms with van der Waals surface area (Å²) in [6.45, 7) is 0. The van der Waals surface area contributed by atoms with Crippen molar-refractivity contribution in [1.29, 1.82) is 0 Å². The topological polar surface area (TPSA) is 43.1 Å². The molecular weight excluding hydrogens is 176 g/mol. The van der Waals surface area contributed by atoms with E-state index in [-0.39, 0.29) is 12.0 Å². The van der Waals surface area contributed by atoms with Crippen LogP contribution in [0.15, 0.2) is 24.3 Å². The van der Waals surface area contributed by atoms with Gasteiger partial charge in [0.25, 0.3) is 5.91 Å². The van der Waals surface area contributed by atoms with Gasteiger partial charge in [0.15, 0.2) is 6.17 Å². The Morgan fingerprint density at radius 1 is 1.46 bits per heavy atom. The molecular formula is C9H9F2NO. The molecule has 1 aromatic carbocycles. The summed E-state index contributed by atoms with van der Waals surface area (Å²) in [6, 6.07) is 5.70. The Kier molecular flexibility index (Phi) is 2.95. The first-order valence-electron chi connectivity index (χ1n) is 3.78. The Bertz CT molecular complexity index is 314. The first kappa shape index (κ1) is 9.64. The number of amides is 1. The molecule has 1 unspecified atom stereocenters. The van der Waals surface area contributed by atoms with Crippen LogP contribution in [0.5, 0.6) is 0 Å². The van der Waals surface area contributed by atoms with Gasteiger partial charge in [0, 0.05) is 6.42 Å². The van der Waals surface area contributed by atoms with E-state index in [1.165, 1.54) is 18.2 Å². The van der Waals surface area contributed by atoms with Crippen LogP contribution in [0.25, 0.3) is 0 Å². The number of carbonyl (C=O) groups excluding carboxylic acids is 1. The van der Waals surface area contributed by atoms with Crippen LogP contribution in [-0.2, 0) is 11.2 Å². The van der Waals surface area contributed by atoms with Crippen LogP contribution in [0.2, 0.25) is 0 Å². The van der Waals surface area contributed by atoms with E-state index in [0.717, 1.165) is 0 Å². The SMILES string of the molecule is NC(=O)C(F)Cc1ccccc1F. The second-order valence-electron chi connectivity index (χ2n) is 2.67. The van der Waals surface area contributed by atoms with Crippen molar-refractivity contribution >= 4 is 5.91 Å². The average Bonchev–Trinajstić information content (AvgIpc) is 2.08. The van der Waals surface area contributed by atoms with Crippen molar-refractivity contribution in [3.63, 3.8) is 0 Å². The molecule has 2 N–H and O–H groups in total. The molecule has 2 nitrogen and oxygen atoms in total. The lowest BCUT2D eigenvalue weighted by molar-refractivity contribution is -0.122. The lowest BCUT2D eigenvalue weighted by Gasteiger charge is -2.04. The van der Waals surface area contributed by atoms with Crippen LogP contribution >= 0.6 is 0 Å². The fraction of sp³-hybridized carbons (Fsp3) is 0.222. The van der Waals surface area contributed by atoms with Crippen molar-refractivity contribution in [3.8, 4) is 0 Å². The van der Waals surface area contributed by atoms with E-state index < -0.39 is 17.9 Å². The summed E-state index contributed by atoms with van der Waals surface area (Å²) in [4.78, 5) is 10.3. The molecule has 0 spiro atoms. The maximum Gasteiger partial charge on any atom is 0.252 e. The van der Waals surface area contributed by atoms with E-state index in [1.807, 2.05) is 0 Å². The van der Waals surface area contributed by atoms with Crippen LogP contribution in [0.3, 0.4) is 0 Å². The molecule has 0 saturated heterocycles. The number of benzene rings is 1. The zero-order valence-electron chi connectivity index (χ0n) is 6.84. The molecule has 4 heteroatoms. The summed E-state index contributed by atoms with van der Waals surface area (Å²) >= 11 is 0. The molecule has 0 aliphatic rings. The van der Waals surface area contributed by atoms with Crippen molar-refractivity contribution in [2.45, 2.75) is 12.6 Å². The van der Waals surface area contributed by atoms with Crippen LogP contribution in [0, 0.1) is 5.82 Å². The van der Waals surface area contributed by atoms with Gasteiger partial charge in [0.2, 0.25) is 0 Å². The van der Waals surface area contributed by atoms with Crippen molar-refractivity contribution in [3.05, 3.63) is 35.6 Å². The molecule has 0 aliphatic heterocycles. The van der Waals surface area contributed by atoms with Crippen molar-refractivity contribution in [1.82, 2.24) is 0 Å². The monoisotopic (exact) mass is 185 g/mol. The van der Waals surface area contributed by atoms with E-state index in [2.05, 4.69) is 0 Å². The van der Waals surface area contributed by atoms with E-state index in [4.69, 9.17) is 5.73 Å². The van der Waals surface area contributed by atoms with Crippen LogP contribution in [0.4, 0.5) is 8.78 Å². The predicted octanol–water partition coefficient (Wildman–Crippen LogP) is 1.19. The number of primary amides is 1. The zero-order chi connectivity index (χ0) is 9.84. The molecule has 0 radical (unpaired) electrons. The summed E-state index contributed by atoms with van der Waals surface area (Å²) in [5.41, 5.74) is 4.86. The Hall–Kier alpha value is -1.45. The van der Waals surface area contributed by atoms with Crippen LogP contribution in [-0.4, -0.2) is 12.1 Å². The normalized spacial score (nSPS) is 12.5. The van der Waals surface area contributed by atoms with Crippen molar-refractivity contribution < 1.29 is 13.6 Å². The van der Waals surface area contributed by atoms with Gasteiger partial charge >= 0.3 is 0 Å². The summed E-state index contributed by atoms with van der Waals surface area (Å²) in [6.07, 6.45) is -2.13. The van der Waals surface area contributed by atoms with E-state index in [9.17, 15) is 13.6 Å². The Morgan fingerprint density at radius 3 is 2.62 bits per heavy atom. The van der Waals surface area contributed by atoms with Crippen molar-refractivity contribution in [2.24, 2.45) is 5.73 Å². The molecule has 1 rings (SSSR count). The Labute approximate surface area is 74.4 Å². The van der Waals surface area contributed by atoms with Gasteiger partial charge in [-0.1, -0.05) is 18.2 Å². The number of alkyl halides is 1. The smallest absolute Gasteiger partial charge is 0.252 e. The second kappa shape index (κ2) is 3.98. The van der Waals surface area contributed by atoms with E-state index in [0.29, 0.717) is 0 Å². The summed E-state index contributed by atoms with van der Waals surface area (Å²) in [7, 11) is 0. The summed E-state index contributed by atoms with van der Waals surface area (Å²) in [5.74, 6) is -1.59. The molecule has 1 amide bonds.